The van der Waals surface area contributed by atoms with Crippen molar-refractivity contribution in [1.29, 1.82) is 5.26 Å². The minimum Gasteiger partial charge on any atom is -0.473 e. The molecule has 0 rings (SSSR count). The van der Waals surface area contributed by atoms with E-state index in [0.717, 1.165) is 18.0 Å². The first-order chi connectivity index (χ1) is 8.67. The van der Waals surface area contributed by atoms with Crippen LogP contribution in [0.1, 0.15) is 27.2 Å². The molecule has 0 aliphatic carbocycles. The minimum atomic E-state index is -1.82. The van der Waals surface area contributed by atoms with Gasteiger partial charge in [-0.2, -0.15) is 5.26 Å². The van der Waals surface area contributed by atoms with Gasteiger partial charge in [0.2, 0.25) is 0 Å². The van der Waals surface area contributed by atoms with E-state index in [1.54, 1.807) is 6.92 Å². The number of nitriles is 1. The van der Waals surface area contributed by atoms with E-state index in [9.17, 15) is 0 Å². The van der Waals surface area contributed by atoms with E-state index in [1.807, 2.05) is 32.8 Å². The molecule has 0 spiro atoms. The van der Waals surface area contributed by atoms with Crippen LogP contribution >= 0.6 is 0 Å². The third kappa shape index (κ3) is 9.35. The van der Waals surface area contributed by atoms with Gasteiger partial charge in [-0.15, -0.1) is 0 Å². The second-order valence-corrected chi connectivity index (χ2v) is 3.70. The maximum absolute atomic E-state index is 9.10. The van der Waals surface area contributed by atoms with Gasteiger partial charge >= 0.3 is 11.9 Å². The lowest BCUT2D eigenvalue weighted by Gasteiger charge is -2.11. The van der Waals surface area contributed by atoms with Gasteiger partial charge in [0.15, 0.2) is 0 Å². The molecular formula is C12H19N3O4. The molecule has 0 amide bonds. The summed E-state index contributed by atoms with van der Waals surface area (Å²) in [6.45, 7) is 5.73. The molecule has 0 unspecified atom stereocenters. The van der Waals surface area contributed by atoms with E-state index in [-0.39, 0.29) is 0 Å². The molecule has 7 nitrogen and oxygen atoms in total. The Labute approximate surface area is 112 Å². The van der Waals surface area contributed by atoms with Gasteiger partial charge in [0.05, 0.1) is 11.8 Å². The molecule has 0 fully saturated rings. The lowest BCUT2D eigenvalue weighted by Crippen LogP contribution is -2.18. The molecule has 0 aromatic carbocycles. The number of carboxylic acids is 2. The molecule has 0 aromatic heterocycles. The predicted octanol–water partition coefficient (Wildman–Crippen LogP) is 1.33. The van der Waals surface area contributed by atoms with Crippen molar-refractivity contribution in [1.82, 2.24) is 4.90 Å². The van der Waals surface area contributed by atoms with Gasteiger partial charge in [0.25, 0.3) is 0 Å². The molecular weight excluding hydrogens is 250 g/mol. The molecule has 0 aliphatic rings. The number of nitrogens with zero attached hydrogens (tertiary/aromatic N) is 3. The van der Waals surface area contributed by atoms with E-state index in [4.69, 9.17) is 25.1 Å². The second-order valence-electron chi connectivity index (χ2n) is 3.70. The van der Waals surface area contributed by atoms with Crippen LogP contribution in [0.5, 0.6) is 0 Å². The van der Waals surface area contributed by atoms with Gasteiger partial charge in [-0.1, -0.05) is 6.92 Å². The summed E-state index contributed by atoms with van der Waals surface area (Å²) in [6, 6.07) is 2.11. The number of rotatable bonds is 2. The van der Waals surface area contributed by atoms with Crippen LogP contribution in [0.4, 0.5) is 0 Å². The Bertz CT molecular complexity index is 419. The van der Waals surface area contributed by atoms with Crippen molar-refractivity contribution in [3.05, 3.63) is 11.3 Å². The van der Waals surface area contributed by atoms with Crippen molar-refractivity contribution in [3.63, 3.8) is 0 Å². The monoisotopic (exact) mass is 269 g/mol. The Morgan fingerprint density at radius 3 is 1.84 bits per heavy atom. The molecule has 19 heavy (non-hydrogen) atoms. The van der Waals surface area contributed by atoms with Crippen molar-refractivity contribution in [3.8, 4) is 6.07 Å². The fourth-order valence-electron chi connectivity index (χ4n) is 0.788. The van der Waals surface area contributed by atoms with Crippen LogP contribution in [0.25, 0.3) is 0 Å². The Kier molecular flexibility index (Phi) is 9.64. The molecule has 0 aliphatic heterocycles. The van der Waals surface area contributed by atoms with Gasteiger partial charge in [-0.3, -0.25) is 0 Å². The zero-order valence-electron chi connectivity index (χ0n) is 11.8. The van der Waals surface area contributed by atoms with Gasteiger partial charge in [0, 0.05) is 19.7 Å². The molecule has 0 atom stereocenters. The lowest BCUT2D eigenvalue weighted by molar-refractivity contribution is -0.159. The quantitative estimate of drug-likeness (QED) is 0.338. The number of allylic oxidation sites excluding steroid dienone is 2. The maximum atomic E-state index is 9.10. The summed E-state index contributed by atoms with van der Waals surface area (Å²) < 4.78 is 0. The Morgan fingerprint density at radius 1 is 1.21 bits per heavy atom. The summed E-state index contributed by atoms with van der Waals surface area (Å²) in [5.74, 6) is -2.73. The number of carbonyl (C=O) groups is 2. The molecule has 2 N–H and O–H groups in total. The standard InChI is InChI=1S/C10H17N3.C2H2O4/c1-6-10(8(2)7-11)12-9(3)13(4)5;3-1(4)2(5)6/h6H2,1-5H3;(H,3,4)(H,5,6)/b10-8-,12-9?;. The number of aliphatic imine (C=N–C) groups is 1. The molecule has 0 saturated carbocycles. The van der Waals surface area contributed by atoms with E-state index in [1.165, 1.54) is 0 Å². The summed E-state index contributed by atoms with van der Waals surface area (Å²) in [5.41, 5.74) is 1.57. The Morgan fingerprint density at radius 2 is 1.63 bits per heavy atom. The smallest absolute Gasteiger partial charge is 0.414 e. The predicted molar refractivity (Wildman–Crippen MR) is 70.7 cm³/mol. The molecule has 7 heteroatoms. The van der Waals surface area contributed by atoms with Crippen LogP contribution < -0.4 is 0 Å². The third-order valence-electron chi connectivity index (χ3n) is 2.06. The number of hydrogen-bond acceptors (Lipinski definition) is 4. The van der Waals surface area contributed by atoms with Gasteiger partial charge in [-0.25, -0.2) is 14.6 Å². The van der Waals surface area contributed by atoms with Crippen molar-refractivity contribution in [2.75, 3.05) is 14.1 Å². The highest BCUT2D eigenvalue weighted by Gasteiger charge is 2.04. The Hall–Kier alpha value is -2.36. The minimum absolute atomic E-state index is 0.698. The van der Waals surface area contributed by atoms with Gasteiger partial charge in [-0.05, 0) is 20.3 Å². The van der Waals surface area contributed by atoms with Crippen LogP contribution in [0, 0.1) is 11.3 Å². The molecule has 0 radical (unpaired) electrons. The molecule has 106 valence electrons. The number of amidine groups is 1. The van der Waals surface area contributed by atoms with Crippen molar-refractivity contribution >= 4 is 17.8 Å². The Balaban J connectivity index is 0. The zero-order valence-corrected chi connectivity index (χ0v) is 11.8. The van der Waals surface area contributed by atoms with Crippen LogP contribution in [0.15, 0.2) is 16.3 Å². The maximum Gasteiger partial charge on any atom is 0.414 e. The largest absolute Gasteiger partial charge is 0.473 e. The highest BCUT2D eigenvalue weighted by atomic mass is 16.4. The lowest BCUT2D eigenvalue weighted by atomic mass is 10.2. The summed E-state index contributed by atoms with van der Waals surface area (Å²) in [5, 5.41) is 23.5. The normalized spacial score (nSPS) is 11.5. The average molecular weight is 269 g/mol. The fourth-order valence-corrected chi connectivity index (χ4v) is 0.788. The zero-order chi connectivity index (χ0) is 15.6. The van der Waals surface area contributed by atoms with Crippen LogP contribution in [0.3, 0.4) is 0 Å². The van der Waals surface area contributed by atoms with Crippen molar-refractivity contribution in [2.24, 2.45) is 4.99 Å². The molecule has 0 saturated heterocycles. The van der Waals surface area contributed by atoms with E-state index in [2.05, 4.69) is 11.1 Å². The van der Waals surface area contributed by atoms with Crippen LogP contribution in [-0.4, -0.2) is 47.0 Å². The van der Waals surface area contributed by atoms with E-state index < -0.39 is 11.9 Å². The number of aliphatic carboxylic acids is 2. The summed E-state index contributed by atoms with van der Waals surface area (Å²) in [7, 11) is 3.88. The first-order valence-corrected chi connectivity index (χ1v) is 5.45. The van der Waals surface area contributed by atoms with E-state index >= 15 is 0 Å². The topological polar surface area (TPSA) is 114 Å². The number of hydrogen-bond donors (Lipinski definition) is 2. The highest BCUT2D eigenvalue weighted by molar-refractivity contribution is 6.27. The first kappa shape index (κ1) is 19.0. The second kappa shape index (κ2) is 9.65. The van der Waals surface area contributed by atoms with Crippen LogP contribution in [0.2, 0.25) is 0 Å². The van der Waals surface area contributed by atoms with Crippen molar-refractivity contribution < 1.29 is 19.8 Å². The van der Waals surface area contributed by atoms with Crippen LogP contribution in [-0.2, 0) is 9.59 Å². The number of carboxylic acid groups (broad SMARTS) is 2. The first-order valence-electron chi connectivity index (χ1n) is 5.45. The summed E-state index contributed by atoms with van der Waals surface area (Å²) >= 11 is 0. The molecule has 0 heterocycles. The average Bonchev–Trinajstić information content (AvgIpc) is 2.34. The van der Waals surface area contributed by atoms with Crippen molar-refractivity contribution in [2.45, 2.75) is 27.2 Å². The third-order valence-corrected chi connectivity index (χ3v) is 2.06. The molecule has 0 bridgehead atoms. The summed E-state index contributed by atoms with van der Waals surface area (Å²) in [6.07, 6.45) is 0.796. The van der Waals surface area contributed by atoms with Gasteiger partial charge < -0.3 is 15.1 Å². The van der Waals surface area contributed by atoms with E-state index in [0.29, 0.717) is 5.57 Å². The fraction of sp³-hybridized carbons (Fsp3) is 0.500. The van der Waals surface area contributed by atoms with Gasteiger partial charge in [0.1, 0.15) is 5.84 Å². The summed E-state index contributed by atoms with van der Waals surface area (Å²) in [4.78, 5) is 24.5. The molecule has 0 aromatic rings. The SMILES string of the molecule is CC/C(N=C(C)N(C)C)=C(\C)C#N.O=C(O)C(=O)O. The highest BCUT2D eigenvalue weighted by Crippen LogP contribution is 2.09.